The number of rotatable bonds is 6. The van der Waals surface area contributed by atoms with Crippen molar-refractivity contribution in [2.45, 2.75) is 45.1 Å². The molecule has 7 heteroatoms. The molecule has 174 valence electrons. The highest BCUT2D eigenvalue weighted by atomic mass is 32.1. The topological polar surface area (TPSA) is 84.0 Å². The third-order valence-electron chi connectivity index (χ3n) is 7.86. The van der Waals surface area contributed by atoms with E-state index in [9.17, 15) is 9.59 Å². The molecule has 0 radical (unpaired) electrons. The maximum Gasteiger partial charge on any atom is 0.257 e. The van der Waals surface area contributed by atoms with E-state index in [1.54, 1.807) is 12.1 Å². The summed E-state index contributed by atoms with van der Waals surface area (Å²) in [4.78, 5) is 25.8. The van der Waals surface area contributed by atoms with Gasteiger partial charge in [-0.25, -0.2) is 0 Å². The normalized spacial score (nSPS) is 26.9. The first-order valence-electron chi connectivity index (χ1n) is 12.1. The highest BCUT2D eigenvalue weighted by molar-refractivity contribution is 7.18. The van der Waals surface area contributed by atoms with E-state index in [0.29, 0.717) is 17.2 Å². The molecular weight excluding hydrogens is 444 g/mol. The fourth-order valence-electron chi connectivity index (χ4n) is 6.67. The second-order valence-corrected chi connectivity index (χ2v) is 11.3. The molecule has 4 saturated carbocycles. The lowest BCUT2D eigenvalue weighted by Crippen LogP contribution is -2.53. The van der Waals surface area contributed by atoms with Gasteiger partial charge in [0.15, 0.2) is 0 Å². The molecule has 4 aliphatic rings. The van der Waals surface area contributed by atoms with Crippen molar-refractivity contribution in [3.8, 4) is 10.6 Å². The predicted octanol–water partition coefficient (Wildman–Crippen LogP) is 5.29. The molecule has 1 aromatic heterocycles. The van der Waals surface area contributed by atoms with Gasteiger partial charge in [0.2, 0.25) is 11.0 Å². The highest BCUT2D eigenvalue weighted by Gasteiger charge is 2.54. The van der Waals surface area contributed by atoms with Crippen molar-refractivity contribution in [1.29, 1.82) is 0 Å². The van der Waals surface area contributed by atoms with Crippen LogP contribution in [0.4, 0.5) is 5.13 Å². The summed E-state index contributed by atoms with van der Waals surface area (Å²) in [6.45, 7) is 0.499. The number of benzene rings is 2. The molecule has 1 heterocycles. The Balaban J connectivity index is 1.05. The summed E-state index contributed by atoms with van der Waals surface area (Å²) < 4.78 is 0. The second-order valence-electron chi connectivity index (χ2n) is 10.3. The van der Waals surface area contributed by atoms with Gasteiger partial charge in [0.25, 0.3) is 5.91 Å². The van der Waals surface area contributed by atoms with Gasteiger partial charge < -0.3 is 5.32 Å². The smallest absolute Gasteiger partial charge is 0.257 e. The minimum absolute atomic E-state index is 0.130. The molecule has 7 rings (SSSR count). The Kier molecular flexibility index (Phi) is 5.44. The molecule has 0 unspecified atom stereocenters. The van der Waals surface area contributed by atoms with Crippen LogP contribution < -0.4 is 10.6 Å². The van der Waals surface area contributed by atoms with Gasteiger partial charge in [0.1, 0.15) is 5.01 Å². The maximum absolute atomic E-state index is 13.2. The van der Waals surface area contributed by atoms with Crippen LogP contribution in [0.5, 0.6) is 0 Å². The van der Waals surface area contributed by atoms with Gasteiger partial charge >= 0.3 is 0 Å². The molecule has 3 aromatic rings. The van der Waals surface area contributed by atoms with Gasteiger partial charge in [-0.1, -0.05) is 53.8 Å². The summed E-state index contributed by atoms with van der Waals surface area (Å²) in [5, 5.41) is 15.5. The molecule has 6 nitrogen and oxygen atoms in total. The molecule has 2 N–H and O–H groups in total. The van der Waals surface area contributed by atoms with Crippen LogP contribution in [0.1, 0.15) is 54.4 Å². The molecule has 4 fully saturated rings. The Labute approximate surface area is 203 Å². The van der Waals surface area contributed by atoms with Gasteiger partial charge in [0, 0.05) is 23.1 Å². The Morgan fingerprint density at radius 3 is 2.18 bits per heavy atom. The lowest BCUT2D eigenvalue weighted by Gasteiger charge is -2.55. The van der Waals surface area contributed by atoms with Crippen LogP contribution >= 0.6 is 11.3 Å². The van der Waals surface area contributed by atoms with E-state index in [4.69, 9.17) is 0 Å². The van der Waals surface area contributed by atoms with E-state index < -0.39 is 0 Å². The third kappa shape index (κ3) is 4.13. The van der Waals surface area contributed by atoms with Crippen LogP contribution in [-0.4, -0.2) is 22.0 Å². The first-order chi connectivity index (χ1) is 16.6. The van der Waals surface area contributed by atoms with E-state index in [1.807, 2.05) is 42.5 Å². The van der Waals surface area contributed by atoms with E-state index >= 15 is 0 Å². The molecule has 2 amide bonds. The summed E-state index contributed by atoms with van der Waals surface area (Å²) in [5.41, 5.74) is 2.39. The zero-order chi connectivity index (χ0) is 23.1. The molecule has 0 saturated heterocycles. The molecule has 34 heavy (non-hydrogen) atoms. The number of aromatic nitrogens is 2. The van der Waals surface area contributed by atoms with E-state index in [0.717, 1.165) is 53.2 Å². The van der Waals surface area contributed by atoms with Gasteiger partial charge in [0.05, 0.1) is 0 Å². The maximum atomic E-state index is 13.2. The van der Waals surface area contributed by atoms with Crippen LogP contribution in [0, 0.1) is 23.2 Å². The molecule has 4 aliphatic carbocycles. The number of nitrogens with zero attached hydrogens (tertiary/aromatic N) is 2. The first kappa shape index (κ1) is 21.5. The average Bonchev–Trinajstić information content (AvgIpc) is 3.31. The zero-order valence-electron chi connectivity index (χ0n) is 19.0. The van der Waals surface area contributed by atoms with Gasteiger partial charge in [-0.05, 0) is 74.0 Å². The van der Waals surface area contributed by atoms with Crippen LogP contribution in [0.2, 0.25) is 0 Å². The van der Waals surface area contributed by atoms with E-state index in [-0.39, 0.29) is 17.2 Å². The minimum Gasteiger partial charge on any atom is -0.352 e. The monoisotopic (exact) mass is 472 g/mol. The lowest BCUT2D eigenvalue weighted by atomic mass is 9.49. The SMILES string of the molecule is O=C(Nc1nnc(-c2ccccc2)s1)c1ccc(CNC(=O)C23CC4CC(CC(C4)C2)C3)cc1. The number of amides is 2. The van der Waals surface area contributed by atoms with Gasteiger partial charge in [-0.3, -0.25) is 14.9 Å². The first-order valence-corrected chi connectivity index (χ1v) is 13.0. The Bertz CT molecular complexity index is 1170. The lowest BCUT2D eigenvalue weighted by molar-refractivity contribution is -0.146. The van der Waals surface area contributed by atoms with Crippen LogP contribution in [0.15, 0.2) is 54.6 Å². The summed E-state index contributed by atoms with van der Waals surface area (Å²) in [5.74, 6) is 2.28. The number of carbonyl (C=O) groups excluding carboxylic acids is 2. The van der Waals surface area contributed by atoms with Crippen molar-refractivity contribution in [2.24, 2.45) is 23.2 Å². The largest absolute Gasteiger partial charge is 0.352 e. The quantitative estimate of drug-likeness (QED) is 0.511. The van der Waals surface area contributed by atoms with Crippen molar-refractivity contribution < 1.29 is 9.59 Å². The zero-order valence-corrected chi connectivity index (χ0v) is 19.8. The molecule has 0 aliphatic heterocycles. The fourth-order valence-corrected chi connectivity index (χ4v) is 7.42. The Morgan fingerprint density at radius 2 is 1.53 bits per heavy atom. The second kappa shape index (κ2) is 8.62. The molecule has 0 spiro atoms. The van der Waals surface area contributed by atoms with Crippen molar-refractivity contribution >= 4 is 28.3 Å². The highest BCUT2D eigenvalue weighted by Crippen LogP contribution is 2.60. The standard InChI is InChI=1S/C27H28N4O2S/c32-23(29-26-31-30-24(34-26)22-4-2-1-3-5-22)21-8-6-17(7-9-21)16-28-25(33)27-13-18-10-19(14-27)12-20(11-18)15-27/h1-9,18-20H,10-16H2,(H,28,33)(H,29,31,32). The number of anilines is 1. The summed E-state index contributed by atoms with van der Waals surface area (Å²) in [7, 11) is 0. The number of nitrogens with one attached hydrogen (secondary N) is 2. The van der Waals surface area contributed by atoms with Crippen LogP contribution in [-0.2, 0) is 11.3 Å². The van der Waals surface area contributed by atoms with Crippen molar-refractivity contribution in [3.63, 3.8) is 0 Å². The average molecular weight is 473 g/mol. The third-order valence-corrected chi connectivity index (χ3v) is 8.74. The van der Waals surface area contributed by atoms with Gasteiger partial charge in [-0.2, -0.15) is 0 Å². The van der Waals surface area contributed by atoms with E-state index in [2.05, 4.69) is 20.8 Å². The minimum atomic E-state index is -0.222. The molecule has 2 aromatic carbocycles. The molecule has 0 atom stereocenters. The van der Waals surface area contributed by atoms with Crippen molar-refractivity contribution in [3.05, 3.63) is 65.7 Å². The van der Waals surface area contributed by atoms with E-state index in [1.165, 1.54) is 30.6 Å². The summed E-state index contributed by atoms with van der Waals surface area (Å²) in [6, 6.07) is 17.2. The van der Waals surface area contributed by atoms with Crippen LogP contribution in [0.25, 0.3) is 10.6 Å². The Morgan fingerprint density at radius 1 is 0.882 bits per heavy atom. The summed E-state index contributed by atoms with van der Waals surface area (Å²) >= 11 is 1.35. The Hall–Kier alpha value is -3.06. The fraction of sp³-hybridized carbons (Fsp3) is 0.407. The van der Waals surface area contributed by atoms with Crippen molar-refractivity contribution in [2.75, 3.05) is 5.32 Å². The molecular formula is C27H28N4O2S. The van der Waals surface area contributed by atoms with Gasteiger partial charge in [-0.15, -0.1) is 10.2 Å². The summed E-state index contributed by atoms with van der Waals surface area (Å²) in [6.07, 6.45) is 7.21. The number of hydrogen-bond acceptors (Lipinski definition) is 5. The molecule has 4 bridgehead atoms. The number of carbonyl (C=O) groups is 2. The predicted molar refractivity (Wildman–Crippen MR) is 132 cm³/mol. The van der Waals surface area contributed by atoms with Crippen LogP contribution in [0.3, 0.4) is 0 Å². The van der Waals surface area contributed by atoms with Crippen molar-refractivity contribution in [1.82, 2.24) is 15.5 Å². The number of hydrogen-bond donors (Lipinski definition) is 2.